The topological polar surface area (TPSA) is 55.2 Å². The number of rotatable bonds is 7. The molecule has 4 nitrogen and oxygen atoms in total. The van der Waals surface area contributed by atoms with Crippen molar-refractivity contribution in [3.05, 3.63) is 38.3 Å². The predicted octanol–water partition coefficient (Wildman–Crippen LogP) is 3.20. The highest BCUT2D eigenvalue weighted by Gasteiger charge is 2.13. The second-order valence-electron chi connectivity index (χ2n) is 3.55. The highest BCUT2D eigenvalue weighted by atomic mass is 79.9. The van der Waals surface area contributed by atoms with Gasteiger partial charge in [-0.25, -0.2) is 0 Å². The molecule has 0 saturated heterocycles. The lowest BCUT2D eigenvalue weighted by Crippen LogP contribution is -2.16. The van der Waals surface area contributed by atoms with Crippen LogP contribution in [-0.4, -0.2) is 23.5 Å². The van der Waals surface area contributed by atoms with Crippen LogP contribution in [-0.2, 0) is 6.54 Å². The van der Waals surface area contributed by atoms with Crippen molar-refractivity contribution in [1.29, 1.82) is 0 Å². The van der Waals surface area contributed by atoms with E-state index < -0.39 is 0 Å². The normalized spacial score (nSPS) is 10.5. The molecule has 1 aromatic rings. The number of halogens is 1. The fourth-order valence-corrected chi connectivity index (χ4v) is 2.20. The van der Waals surface area contributed by atoms with Crippen molar-refractivity contribution < 1.29 is 4.92 Å². The van der Waals surface area contributed by atoms with Crippen LogP contribution in [0.15, 0.2) is 22.7 Å². The number of benzene rings is 1. The van der Waals surface area contributed by atoms with E-state index in [1.807, 2.05) is 6.07 Å². The summed E-state index contributed by atoms with van der Waals surface area (Å²) < 4.78 is 0.732. The molecule has 0 radical (unpaired) electrons. The zero-order chi connectivity index (χ0) is 12.7. The Morgan fingerprint density at radius 3 is 2.94 bits per heavy atom. The van der Waals surface area contributed by atoms with Crippen LogP contribution in [0.1, 0.15) is 12.0 Å². The Bertz CT molecular complexity index is 388. The average molecular weight is 319 g/mol. The highest BCUT2D eigenvalue weighted by molar-refractivity contribution is 9.10. The predicted molar refractivity (Wildman–Crippen MR) is 75.5 cm³/mol. The van der Waals surface area contributed by atoms with Gasteiger partial charge in [0.2, 0.25) is 0 Å². The van der Waals surface area contributed by atoms with Gasteiger partial charge in [0.05, 0.1) is 4.92 Å². The van der Waals surface area contributed by atoms with Crippen molar-refractivity contribution in [3.8, 4) is 0 Å². The molecule has 0 spiro atoms. The largest absolute Gasteiger partial charge is 0.312 e. The number of nitro benzene ring substituents is 1. The Morgan fingerprint density at radius 1 is 1.53 bits per heavy atom. The SMILES string of the molecule is CSCCCNCc1ccc(Br)cc1[N+](=O)[O-]. The molecule has 94 valence electrons. The Morgan fingerprint density at radius 2 is 2.29 bits per heavy atom. The molecule has 0 fully saturated rings. The van der Waals surface area contributed by atoms with Crippen molar-refractivity contribution in [2.75, 3.05) is 18.6 Å². The molecule has 0 bridgehead atoms. The van der Waals surface area contributed by atoms with Crippen LogP contribution in [0.5, 0.6) is 0 Å². The Balaban J connectivity index is 2.55. The molecule has 0 aliphatic heterocycles. The first kappa shape index (κ1) is 14.5. The summed E-state index contributed by atoms with van der Waals surface area (Å²) in [5.41, 5.74) is 0.888. The summed E-state index contributed by atoms with van der Waals surface area (Å²) >= 11 is 5.04. The molecule has 0 atom stereocenters. The van der Waals surface area contributed by atoms with E-state index in [0.29, 0.717) is 6.54 Å². The van der Waals surface area contributed by atoms with Crippen LogP contribution in [0, 0.1) is 10.1 Å². The smallest absolute Gasteiger partial charge is 0.275 e. The monoisotopic (exact) mass is 318 g/mol. The van der Waals surface area contributed by atoms with Crippen molar-refractivity contribution in [1.82, 2.24) is 5.32 Å². The van der Waals surface area contributed by atoms with Gasteiger partial charge in [-0.1, -0.05) is 15.9 Å². The van der Waals surface area contributed by atoms with Gasteiger partial charge in [-0.05, 0) is 37.1 Å². The van der Waals surface area contributed by atoms with Crippen molar-refractivity contribution in [3.63, 3.8) is 0 Å². The molecule has 0 unspecified atom stereocenters. The van der Waals surface area contributed by atoms with Gasteiger partial charge in [-0.2, -0.15) is 11.8 Å². The molecule has 0 aliphatic carbocycles. The average Bonchev–Trinajstić information content (AvgIpc) is 2.30. The van der Waals surface area contributed by atoms with E-state index in [0.717, 1.165) is 28.8 Å². The summed E-state index contributed by atoms with van der Waals surface area (Å²) in [6.45, 7) is 1.42. The van der Waals surface area contributed by atoms with Crippen molar-refractivity contribution >= 4 is 33.4 Å². The molecule has 17 heavy (non-hydrogen) atoms. The van der Waals surface area contributed by atoms with Crippen LogP contribution < -0.4 is 5.32 Å². The summed E-state index contributed by atoms with van der Waals surface area (Å²) in [4.78, 5) is 10.5. The van der Waals surface area contributed by atoms with E-state index in [1.165, 1.54) is 0 Å². The van der Waals surface area contributed by atoms with E-state index in [1.54, 1.807) is 23.9 Å². The molecule has 0 saturated carbocycles. The third-order valence-corrected chi connectivity index (χ3v) is 3.45. The number of thioether (sulfide) groups is 1. The van der Waals surface area contributed by atoms with E-state index in [9.17, 15) is 10.1 Å². The fourth-order valence-electron chi connectivity index (χ4n) is 1.42. The maximum Gasteiger partial charge on any atom is 0.275 e. The van der Waals surface area contributed by atoms with E-state index in [4.69, 9.17) is 0 Å². The minimum Gasteiger partial charge on any atom is -0.312 e. The van der Waals surface area contributed by atoms with Gasteiger partial charge in [-0.3, -0.25) is 10.1 Å². The minimum absolute atomic E-state index is 0.164. The maximum absolute atomic E-state index is 10.9. The summed E-state index contributed by atoms with van der Waals surface area (Å²) in [6.07, 6.45) is 3.14. The molecule has 1 rings (SSSR count). The molecular formula is C11H15BrN2O2S. The van der Waals surface area contributed by atoms with Gasteiger partial charge in [0.1, 0.15) is 0 Å². The second kappa shape index (κ2) is 7.68. The number of nitrogens with one attached hydrogen (secondary N) is 1. The number of hydrogen-bond acceptors (Lipinski definition) is 4. The summed E-state index contributed by atoms with van der Waals surface area (Å²) in [6, 6.07) is 5.15. The molecule has 0 aromatic heterocycles. The Labute approximate surface area is 113 Å². The lowest BCUT2D eigenvalue weighted by Gasteiger charge is -2.05. The molecular weight excluding hydrogens is 304 g/mol. The van der Waals surface area contributed by atoms with Crippen LogP contribution in [0.4, 0.5) is 5.69 Å². The van der Waals surface area contributed by atoms with Gasteiger partial charge in [0, 0.05) is 22.6 Å². The number of nitrogens with zero attached hydrogens (tertiary/aromatic N) is 1. The lowest BCUT2D eigenvalue weighted by atomic mass is 10.2. The zero-order valence-electron chi connectivity index (χ0n) is 9.61. The van der Waals surface area contributed by atoms with Gasteiger partial charge < -0.3 is 5.32 Å². The molecule has 1 aromatic carbocycles. The molecule has 6 heteroatoms. The van der Waals surface area contributed by atoms with Crippen molar-refractivity contribution in [2.24, 2.45) is 0 Å². The first-order valence-corrected chi connectivity index (χ1v) is 7.46. The molecule has 0 heterocycles. The maximum atomic E-state index is 10.9. The van der Waals surface area contributed by atoms with Crippen LogP contribution in [0.3, 0.4) is 0 Å². The zero-order valence-corrected chi connectivity index (χ0v) is 12.0. The third-order valence-electron chi connectivity index (χ3n) is 2.26. The standard InChI is InChI=1S/C11H15BrN2O2S/c1-17-6-2-5-13-8-9-3-4-10(12)7-11(9)14(15)16/h3-4,7,13H,2,5-6,8H2,1H3. The van der Waals surface area contributed by atoms with Gasteiger partial charge in [0.25, 0.3) is 5.69 Å². The number of nitro groups is 1. The molecule has 1 N–H and O–H groups in total. The second-order valence-corrected chi connectivity index (χ2v) is 5.45. The van der Waals surface area contributed by atoms with Crippen molar-refractivity contribution in [2.45, 2.75) is 13.0 Å². The summed E-state index contributed by atoms with van der Waals surface area (Å²) in [5, 5.41) is 14.1. The fraction of sp³-hybridized carbons (Fsp3) is 0.455. The van der Waals surface area contributed by atoms with Gasteiger partial charge in [-0.15, -0.1) is 0 Å². The first-order chi connectivity index (χ1) is 8.15. The first-order valence-electron chi connectivity index (χ1n) is 5.27. The van der Waals surface area contributed by atoms with E-state index in [2.05, 4.69) is 27.5 Å². The van der Waals surface area contributed by atoms with Gasteiger partial charge >= 0.3 is 0 Å². The number of hydrogen-bond donors (Lipinski definition) is 1. The Hall–Kier alpha value is -0.590. The summed E-state index contributed by atoms with van der Waals surface area (Å²) in [7, 11) is 0. The minimum atomic E-state index is -0.344. The molecule has 0 aliphatic rings. The van der Waals surface area contributed by atoms with E-state index in [-0.39, 0.29) is 10.6 Å². The third kappa shape index (κ3) is 5.06. The van der Waals surface area contributed by atoms with Crippen LogP contribution in [0.2, 0.25) is 0 Å². The van der Waals surface area contributed by atoms with Gasteiger partial charge in [0.15, 0.2) is 0 Å². The van der Waals surface area contributed by atoms with E-state index >= 15 is 0 Å². The van der Waals surface area contributed by atoms with Crippen LogP contribution in [0.25, 0.3) is 0 Å². The lowest BCUT2D eigenvalue weighted by molar-refractivity contribution is -0.385. The highest BCUT2D eigenvalue weighted by Crippen LogP contribution is 2.23. The quantitative estimate of drug-likeness (QED) is 0.476. The van der Waals surface area contributed by atoms with Crippen LogP contribution >= 0.6 is 27.7 Å². The summed E-state index contributed by atoms with van der Waals surface area (Å²) in [5.74, 6) is 1.11. The Kier molecular flexibility index (Phi) is 6.54. The molecule has 0 amide bonds.